The van der Waals surface area contributed by atoms with E-state index >= 15 is 0 Å². The number of fused-ring (bicyclic) bond motifs is 2. The lowest BCUT2D eigenvalue weighted by Crippen LogP contribution is -2.48. The molecular weight excluding hydrogens is 608 g/mol. The number of likely N-dealkylation sites (N-methyl/N-ethyl adjacent to an activating group) is 1. The molecule has 14 heteroatoms. The number of phenolic OH excluding ortho intramolecular Hbond substituents is 1. The standard InChI is InChI=1S/C33H42N6O8/c1-37(2)19-10-8-18(9-11-19)36-33(47)35-15-17-14-21(38(3)4)20-13-16-7-12-22(40)28(42)25(32(34)46)31(45)26(39(5)6)30(44)23(16)29(43)24(20)27(17)41/h8-11,14,16,22,26,40-43H,7,12-13,15H2,1-6H3,(H2,34,46)(H2,35,36,47)/t16?,22-,26+/m1/s1. The Balaban J connectivity index is 1.76. The maximum absolute atomic E-state index is 14.1. The molecule has 2 aromatic carbocycles. The number of nitrogens with zero attached hydrogens (tertiary/aromatic N) is 3. The maximum Gasteiger partial charge on any atom is 0.319 e. The van der Waals surface area contributed by atoms with Gasteiger partial charge in [0, 0.05) is 62.9 Å². The molecular formula is C33H42N6O8. The van der Waals surface area contributed by atoms with Gasteiger partial charge in [0.15, 0.2) is 11.6 Å². The summed E-state index contributed by atoms with van der Waals surface area (Å²) in [7, 11) is 10.2. The van der Waals surface area contributed by atoms with Crippen LogP contribution in [0.4, 0.5) is 21.9 Å². The number of aliphatic hydroxyl groups is 3. The summed E-state index contributed by atoms with van der Waals surface area (Å²) in [5.74, 6) is -5.84. The monoisotopic (exact) mass is 650 g/mol. The number of aromatic hydroxyl groups is 1. The zero-order chi connectivity index (χ0) is 34.9. The van der Waals surface area contributed by atoms with Gasteiger partial charge >= 0.3 is 6.03 Å². The fourth-order valence-corrected chi connectivity index (χ4v) is 6.09. The Morgan fingerprint density at radius 1 is 0.936 bits per heavy atom. The molecule has 4 rings (SSSR count). The Kier molecular flexibility index (Phi) is 10.2. The van der Waals surface area contributed by atoms with Gasteiger partial charge in [0.1, 0.15) is 35.0 Å². The van der Waals surface area contributed by atoms with Gasteiger partial charge in [-0.1, -0.05) is 0 Å². The quantitative estimate of drug-likeness (QED) is 0.170. The second-order valence-electron chi connectivity index (χ2n) is 12.4. The Morgan fingerprint density at radius 2 is 1.57 bits per heavy atom. The summed E-state index contributed by atoms with van der Waals surface area (Å²) in [4.78, 5) is 57.5. The van der Waals surface area contributed by atoms with E-state index in [1.165, 1.54) is 19.0 Å². The summed E-state index contributed by atoms with van der Waals surface area (Å²) in [5, 5.41) is 50.0. The number of rotatable bonds is 7. The average molecular weight is 651 g/mol. The summed E-state index contributed by atoms with van der Waals surface area (Å²) in [6.07, 6.45) is -1.59. The summed E-state index contributed by atoms with van der Waals surface area (Å²) >= 11 is 0. The van der Waals surface area contributed by atoms with Crippen molar-refractivity contribution in [1.82, 2.24) is 10.2 Å². The van der Waals surface area contributed by atoms with Crippen molar-refractivity contribution < 1.29 is 39.6 Å². The van der Waals surface area contributed by atoms with Crippen LogP contribution in [0.5, 0.6) is 5.75 Å². The number of hydrogen-bond acceptors (Lipinski definition) is 11. The normalized spacial score (nSPS) is 20.0. The predicted octanol–water partition coefficient (Wildman–Crippen LogP) is 1.81. The first kappa shape index (κ1) is 34.8. The van der Waals surface area contributed by atoms with Crippen LogP contribution in [-0.2, 0) is 27.3 Å². The highest BCUT2D eigenvalue weighted by Gasteiger charge is 2.44. The van der Waals surface area contributed by atoms with Crippen molar-refractivity contribution in [3.05, 3.63) is 63.9 Å². The van der Waals surface area contributed by atoms with Crippen LogP contribution in [0, 0.1) is 5.92 Å². The van der Waals surface area contributed by atoms with Gasteiger partial charge in [-0.05, 0) is 75.2 Å². The topological polar surface area (TPSA) is 209 Å². The molecule has 0 saturated heterocycles. The molecule has 3 amide bonds. The van der Waals surface area contributed by atoms with Crippen LogP contribution in [-0.4, -0.2) is 103 Å². The summed E-state index contributed by atoms with van der Waals surface area (Å²) in [6.45, 7) is -0.140. The SMILES string of the molecule is CN(C)c1ccc(NC(=O)NCc2cc(N(C)C)c3c(c2O)C(O)=C2C(=O)[C@H](N(C)C)C(=O)C(C(N)=O)=C(O)[C@H](O)CCC2C3)cc1. The fraction of sp³-hybridized carbons (Fsp3) is 0.394. The zero-order valence-electron chi connectivity index (χ0n) is 27.3. The van der Waals surface area contributed by atoms with Gasteiger partial charge < -0.3 is 46.6 Å². The molecule has 14 nitrogen and oxygen atoms in total. The van der Waals surface area contributed by atoms with Crippen LogP contribution >= 0.6 is 0 Å². The average Bonchev–Trinajstić information content (AvgIpc) is 2.98. The van der Waals surface area contributed by atoms with Gasteiger partial charge in [0.25, 0.3) is 5.91 Å². The highest BCUT2D eigenvalue weighted by Crippen LogP contribution is 2.46. The van der Waals surface area contributed by atoms with Gasteiger partial charge in [-0.15, -0.1) is 0 Å². The molecule has 252 valence electrons. The third-order valence-corrected chi connectivity index (χ3v) is 8.51. The molecule has 2 aromatic rings. The summed E-state index contributed by atoms with van der Waals surface area (Å²) in [5.41, 5.74) is 7.18. The van der Waals surface area contributed by atoms with E-state index in [0.29, 0.717) is 16.9 Å². The lowest BCUT2D eigenvalue weighted by Gasteiger charge is -2.35. The maximum atomic E-state index is 14.1. The number of phenols is 1. The molecule has 47 heavy (non-hydrogen) atoms. The minimum Gasteiger partial charge on any atom is -0.509 e. The Morgan fingerprint density at radius 3 is 2.13 bits per heavy atom. The molecule has 0 radical (unpaired) electrons. The van der Waals surface area contributed by atoms with E-state index in [2.05, 4.69) is 10.6 Å². The Hall–Kier alpha value is -5.08. The number of aliphatic hydroxyl groups excluding tert-OH is 3. The summed E-state index contributed by atoms with van der Waals surface area (Å²) < 4.78 is 0. The highest BCUT2D eigenvalue weighted by molar-refractivity contribution is 6.29. The number of benzene rings is 2. The number of nitrogens with two attached hydrogens (primary N) is 1. The predicted molar refractivity (Wildman–Crippen MR) is 177 cm³/mol. The van der Waals surface area contributed by atoms with Gasteiger partial charge in [-0.2, -0.15) is 0 Å². The summed E-state index contributed by atoms with van der Waals surface area (Å²) in [6, 6.07) is 6.66. The van der Waals surface area contributed by atoms with Crippen LogP contribution in [0.2, 0.25) is 0 Å². The molecule has 0 heterocycles. The van der Waals surface area contributed by atoms with Crippen LogP contribution in [0.1, 0.15) is 29.5 Å². The number of hydrogen-bond donors (Lipinski definition) is 7. The lowest BCUT2D eigenvalue weighted by molar-refractivity contribution is -0.131. The molecule has 0 aromatic heterocycles. The molecule has 2 aliphatic rings. The van der Waals surface area contributed by atoms with Crippen molar-refractivity contribution in [1.29, 1.82) is 0 Å². The second-order valence-corrected chi connectivity index (χ2v) is 12.4. The number of carbonyl (C=O) groups excluding carboxylic acids is 4. The van der Waals surface area contributed by atoms with Crippen LogP contribution < -0.4 is 26.2 Å². The van der Waals surface area contributed by atoms with Gasteiger partial charge in [-0.3, -0.25) is 19.3 Å². The fourth-order valence-electron chi connectivity index (χ4n) is 6.09. The Labute approximate surface area is 272 Å². The first-order valence-corrected chi connectivity index (χ1v) is 15.0. The third kappa shape index (κ3) is 6.88. The molecule has 1 unspecified atom stereocenters. The van der Waals surface area contributed by atoms with E-state index < -0.39 is 58.7 Å². The Bertz CT molecular complexity index is 1660. The van der Waals surface area contributed by atoms with Crippen molar-refractivity contribution in [2.75, 3.05) is 57.4 Å². The van der Waals surface area contributed by atoms with Crippen LogP contribution in [0.15, 0.2) is 47.2 Å². The van der Waals surface area contributed by atoms with Crippen molar-refractivity contribution in [2.24, 2.45) is 11.7 Å². The second kappa shape index (κ2) is 13.7. The number of amides is 3. The minimum absolute atomic E-state index is 0.0247. The third-order valence-electron chi connectivity index (χ3n) is 8.51. The van der Waals surface area contributed by atoms with E-state index in [1.807, 2.05) is 31.1 Å². The number of anilines is 3. The number of primary amides is 1. The van der Waals surface area contributed by atoms with Gasteiger partial charge in [-0.25, -0.2) is 4.79 Å². The number of ketones is 2. The van der Waals surface area contributed by atoms with E-state index in [4.69, 9.17) is 5.73 Å². The minimum atomic E-state index is -1.68. The largest absolute Gasteiger partial charge is 0.509 e. The molecule has 2 aliphatic carbocycles. The number of urea groups is 1. The van der Waals surface area contributed by atoms with E-state index in [9.17, 15) is 39.6 Å². The van der Waals surface area contributed by atoms with Crippen LogP contribution in [0.3, 0.4) is 0 Å². The molecule has 3 atom stereocenters. The van der Waals surface area contributed by atoms with Crippen molar-refractivity contribution >= 4 is 46.3 Å². The van der Waals surface area contributed by atoms with Gasteiger partial charge in [0.2, 0.25) is 0 Å². The molecule has 0 spiro atoms. The molecule has 0 bridgehead atoms. The van der Waals surface area contributed by atoms with E-state index in [-0.39, 0.29) is 48.3 Å². The number of carbonyl (C=O) groups is 4. The molecule has 8 N–H and O–H groups in total. The lowest BCUT2D eigenvalue weighted by atomic mass is 9.74. The van der Waals surface area contributed by atoms with Crippen molar-refractivity contribution in [2.45, 2.75) is 38.0 Å². The molecule has 0 fully saturated rings. The first-order chi connectivity index (χ1) is 22.0. The zero-order valence-corrected chi connectivity index (χ0v) is 27.3. The van der Waals surface area contributed by atoms with E-state index in [1.54, 1.807) is 37.2 Å². The first-order valence-electron chi connectivity index (χ1n) is 15.0. The van der Waals surface area contributed by atoms with Crippen molar-refractivity contribution in [3.63, 3.8) is 0 Å². The number of nitrogens with one attached hydrogen (secondary N) is 2. The van der Waals surface area contributed by atoms with Gasteiger partial charge in [0.05, 0.1) is 5.56 Å². The number of Topliss-reactive ketones (excluding diaryl/α,β-unsaturated/α-hetero) is 2. The van der Waals surface area contributed by atoms with Crippen molar-refractivity contribution in [3.8, 4) is 5.75 Å². The highest BCUT2D eigenvalue weighted by atomic mass is 16.3. The smallest absolute Gasteiger partial charge is 0.319 e. The molecule has 0 aliphatic heterocycles. The van der Waals surface area contributed by atoms with Crippen LogP contribution in [0.25, 0.3) is 5.76 Å². The molecule has 0 saturated carbocycles. The van der Waals surface area contributed by atoms with E-state index in [0.717, 1.165) is 5.69 Å².